The van der Waals surface area contributed by atoms with Crippen LogP contribution in [0, 0.1) is 18.7 Å². The van der Waals surface area contributed by atoms with Crippen molar-refractivity contribution in [2.75, 3.05) is 31.2 Å². The number of aryl methyl sites for hydroxylation is 1. The molecule has 2 aliphatic rings. The summed E-state index contributed by atoms with van der Waals surface area (Å²) >= 11 is 0. The molecule has 0 amide bonds. The number of carboxylic acids is 1. The minimum absolute atomic E-state index is 0.000376. The number of nitrogens with zero attached hydrogens (tertiary/aromatic N) is 3. The van der Waals surface area contributed by atoms with E-state index in [9.17, 15) is 14.7 Å². The second-order valence-electron chi connectivity index (χ2n) is 7.39. The largest absolute Gasteiger partial charge is 0.477 e. The monoisotopic (exact) mass is 376 g/mol. The van der Waals surface area contributed by atoms with E-state index in [0.717, 1.165) is 0 Å². The Morgan fingerprint density at radius 1 is 1.41 bits per heavy atom. The predicted octanol–water partition coefficient (Wildman–Crippen LogP) is 0.897. The highest BCUT2D eigenvalue weighted by atomic mass is 19.1. The number of fused-ring (bicyclic) bond motifs is 1. The van der Waals surface area contributed by atoms with Crippen LogP contribution in [0.5, 0.6) is 0 Å². The van der Waals surface area contributed by atoms with E-state index < -0.39 is 22.8 Å². The van der Waals surface area contributed by atoms with Gasteiger partial charge in [-0.2, -0.15) is 0 Å². The van der Waals surface area contributed by atoms with E-state index in [1.165, 1.54) is 13.1 Å². The van der Waals surface area contributed by atoms with Gasteiger partial charge in [0.25, 0.3) is 0 Å². The van der Waals surface area contributed by atoms with Crippen LogP contribution in [0.2, 0.25) is 0 Å². The van der Waals surface area contributed by atoms with Crippen molar-refractivity contribution in [2.45, 2.75) is 25.9 Å². The third kappa shape index (κ3) is 2.69. The molecule has 2 aliphatic heterocycles. The first-order valence-corrected chi connectivity index (χ1v) is 8.86. The third-order valence-electron chi connectivity index (χ3n) is 5.53. The van der Waals surface area contributed by atoms with E-state index in [2.05, 4.69) is 4.98 Å². The van der Waals surface area contributed by atoms with Gasteiger partial charge >= 0.3 is 5.97 Å². The Bertz CT molecular complexity index is 991. The SMILES string of the molecule is Cc1c(F)c(N2C[C@@H](N)[C@@H](C)C2)nc2c1c(=O)c(C(=O)O)cn2C1COC1. The normalized spacial score (nSPS) is 23.0. The average molecular weight is 376 g/mol. The number of ether oxygens (including phenoxy) is 1. The van der Waals surface area contributed by atoms with Crippen LogP contribution >= 0.6 is 0 Å². The fourth-order valence-electron chi connectivity index (χ4n) is 3.69. The van der Waals surface area contributed by atoms with Crippen molar-refractivity contribution in [1.82, 2.24) is 9.55 Å². The van der Waals surface area contributed by atoms with Crippen LogP contribution in [0.25, 0.3) is 11.0 Å². The minimum atomic E-state index is -1.35. The number of carboxylic acid groups (broad SMARTS) is 1. The van der Waals surface area contributed by atoms with Crippen LogP contribution in [0.1, 0.15) is 28.9 Å². The Kier molecular flexibility index (Phi) is 4.15. The minimum Gasteiger partial charge on any atom is -0.477 e. The number of nitrogens with two attached hydrogens (primary N) is 1. The molecule has 4 heterocycles. The standard InChI is InChI=1S/C18H21FN4O4/c1-8-3-22(5-12(8)20)17-14(19)9(2)13-15(24)11(18(25)26)4-23(16(13)21-17)10-6-27-7-10/h4,8,10,12H,3,5-7,20H2,1-2H3,(H,25,26)/t8-,12+/m0/s1. The molecule has 9 heteroatoms. The number of hydrogen-bond acceptors (Lipinski definition) is 6. The number of aromatic carboxylic acids is 1. The second-order valence-corrected chi connectivity index (χ2v) is 7.39. The highest BCUT2D eigenvalue weighted by molar-refractivity contribution is 5.93. The highest BCUT2D eigenvalue weighted by Gasteiger charge is 2.32. The smallest absolute Gasteiger partial charge is 0.341 e. The lowest BCUT2D eigenvalue weighted by atomic mass is 10.1. The number of anilines is 1. The Labute approximate surface area is 154 Å². The molecule has 2 fully saturated rings. The van der Waals surface area contributed by atoms with Gasteiger partial charge in [0.15, 0.2) is 11.6 Å². The molecule has 2 aromatic heterocycles. The van der Waals surface area contributed by atoms with Crippen molar-refractivity contribution in [3.05, 3.63) is 33.4 Å². The molecule has 0 radical (unpaired) electrons. The predicted molar refractivity (Wildman–Crippen MR) is 96.9 cm³/mol. The first kappa shape index (κ1) is 17.9. The van der Waals surface area contributed by atoms with Gasteiger partial charge in [-0.05, 0) is 12.8 Å². The molecule has 0 unspecified atom stereocenters. The topological polar surface area (TPSA) is 111 Å². The van der Waals surface area contributed by atoms with E-state index in [1.54, 1.807) is 9.47 Å². The van der Waals surface area contributed by atoms with E-state index in [-0.39, 0.29) is 40.4 Å². The molecule has 3 N–H and O–H groups in total. The van der Waals surface area contributed by atoms with Gasteiger partial charge in [-0.3, -0.25) is 4.79 Å². The van der Waals surface area contributed by atoms with Crippen LogP contribution in [-0.2, 0) is 4.74 Å². The third-order valence-corrected chi connectivity index (χ3v) is 5.53. The summed E-state index contributed by atoms with van der Waals surface area (Å²) in [4.78, 5) is 30.5. The summed E-state index contributed by atoms with van der Waals surface area (Å²) in [6, 6.07) is -0.227. The number of rotatable bonds is 3. The summed E-state index contributed by atoms with van der Waals surface area (Å²) in [5, 5.41) is 9.39. The quantitative estimate of drug-likeness (QED) is 0.819. The lowest BCUT2D eigenvalue weighted by Crippen LogP contribution is -2.34. The number of pyridine rings is 2. The molecular weight excluding hydrogens is 355 g/mol. The Hall–Kier alpha value is -2.52. The summed E-state index contributed by atoms with van der Waals surface area (Å²) in [5.74, 6) is -1.62. The number of halogens is 1. The van der Waals surface area contributed by atoms with Gasteiger partial charge in [0.05, 0.1) is 24.6 Å². The molecule has 2 aromatic rings. The number of aromatic nitrogens is 2. The van der Waals surface area contributed by atoms with Crippen molar-refractivity contribution < 1.29 is 19.0 Å². The highest BCUT2D eigenvalue weighted by Crippen LogP contribution is 2.31. The molecule has 2 saturated heterocycles. The first-order chi connectivity index (χ1) is 12.8. The van der Waals surface area contributed by atoms with Crippen molar-refractivity contribution in [1.29, 1.82) is 0 Å². The molecule has 8 nitrogen and oxygen atoms in total. The molecule has 0 aliphatic carbocycles. The molecule has 0 aromatic carbocycles. The van der Waals surface area contributed by atoms with Crippen LogP contribution in [-0.4, -0.2) is 53.0 Å². The van der Waals surface area contributed by atoms with Gasteiger partial charge < -0.3 is 25.0 Å². The van der Waals surface area contributed by atoms with Gasteiger partial charge in [-0.25, -0.2) is 14.2 Å². The van der Waals surface area contributed by atoms with E-state index in [4.69, 9.17) is 10.5 Å². The molecule has 2 atom stereocenters. The van der Waals surface area contributed by atoms with E-state index in [1.807, 2.05) is 6.92 Å². The summed E-state index contributed by atoms with van der Waals surface area (Å²) in [5.41, 5.74) is 5.32. The molecule has 0 saturated carbocycles. The zero-order valence-electron chi connectivity index (χ0n) is 15.1. The van der Waals surface area contributed by atoms with Crippen molar-refractivity contribution >= 4 is 22.8 Å². The maximum absolute atomic E-state index is 15.1. The number of hydrogen-bond donors (Lipinski definition) is 2. The molecule has 4 rings (SSSR count). The molecule has 144 valence electrons. The number of carbonyl (C=O) groups is 1. The Morgan fingerprint density at radius 2 is 2.11 bits per heavy atom. The zero-order chi connectivity index (χ0) is 19.5. The second kappa shape index (κ2) is 6.28. The van der Waals surface area contributed by atoms with Crippen LogP contribution in [0.4, 0.5) is 10.2 Å². The van der Waals surface area contributed by atoms with Gasteiger partial charge in [0.2, 0.25) is 5.43 Å². The molecule has 27 heavy (non-hydrogen) atoms. The van der Waals surface area contributed by atoms with Crippen LogP contribution in [0.3, 0.4) is 0 Å². The Morgan fingerprint density at radius 3 is 2.63 bits per heavy atom. The van der Waals surface area contributed by atoms with Gasteiger partial charge in [0, 0.05) is 30.9 Å². The van der Waals surface area contributed by atoms with Gasteiger partial charge in [0.1, 0.15) is 11.2 Å². The maximum atomic E-state index is 15.1. The van der Waals surface area contributed by atoms with Gasteiger partial charge in [-0.15, -0.1) is 0 Å². The van der Waals surface area contributed by atoms with Crippen LogP contribution in [0.15, 0.2) is 11.0 Å². The Balaban J connectivity index is 1.99. The average Bonchev–Trinajstić information content (AvgIpc) is 2.89. The molecule has 0 spiro atoms. The molecular formula is C18H21FN4O4. The maximum Gasteiger partial charge on any atom is 0.341 e. The van der Waals surface area contributed by atoms with Crippen LogP contribution < -0.4 is 16.1 Å². The lowest BCUT2D eigenvalue weighted by molar-refractivity contribution is -0.0219. The molecule has 0 bridgehead atoms. The van der Waals surface area contributed by atoms with Gasteiger partial charge in [-0.1, -0.05) is 6.92 Å². The zero-order valence-corrected chi connectivity index (χ0v) is 15.1. The van der Waals surface area contributed by atoms with E-state index >= 15 is 4.39 Å². The summed E-state index contributed by atoms with van der Waals surface area (Å²) < 4.78 is 21.9. The lowest BCUT2D eigenvalue weighted by Gasteiger charge is -2.30. The van der Waals surface area contributed by atoms with Crippen molar-refractivity contribution in [3.63, 3.8) is 0 Å². The fourth-order valence-corrected chi connectivity index (χ4v) is 3.69. The fraction of sp³-hybridized carbons (Fsp3) is 0.500. The van der Waals surface area contributed by atoms with Crippen molar-refractivity contribution in [3.8, 4) is 0 Å². The summed E-state index contributed by atoms with van der Waals surface area (Å²) in [6.07, 6.45) is 1.28. The van der Waals surface area contributed by atoms with E-state index in [0.29, 0.717) is 26.3 Å². The van der Waals surface area contributed by atoms with Crippen molar-refractivity contribution in [2.24, 2.45) is 11.7 Å². The summed E-state index contributed by atoms with van der Waals surface area (Å²) in [6.45, 7) is 5.29. The first-order valence-electron chi connectivity index (χ1n) is 8.86. The summed E-state index contributed by atoms with van der Waals surface area (Å²) in [7, 11) is 0.